The average Bonchev–Trinajstić information content (AvgIpc) is 2.42. The molecule has 1 heterocycles. The van der Waals surface area contributed by atoms with Crippen molar-refractivity contribution in [2.45, 2.75) is 51.2 Å². The van der Waals surface area contributed by atoms with Crippen molar-refractivity contribution in [3.05, 3.63) is 34.1 Å². The van der Waals surface area contributed by atoms with Crippen LogP contribution in [0.5, 0.6) is 0 Å². The fraction of sp³-hybridized carbons (Fsp3) is 0.625. The van der Waals surface area contributed by atoms with Gasteiger partial charge in [0.15, 0.2) is 0 Å². The molecule has 0 radical (unpaired) electrons. The first-order valence-corrected chi connectivity index (χ1v) is 8.16. The highest BCUT2D eigenvalue weighted by atomic mass is 79.9. The maximum absolute atomic E-state index is 14.0. The molecule has 20 heavy (non-hydrogen) atoms. The highest BCUT2D eigenvalue weighted by molar-refractivity contribution is 9.10. The Bertz CT molecular complexity index is 446. The van der Waals surface area contributed by atoms with Crippen LogP contribution in [0.4, 0.5) is 4.39 Å². The Morgan fingerprint density at radius 1 is 1.45 bits per heavy atom. The molecule has 2 atom stereocenters. The smallest absolute Gasteiger partial charge is 0.127 e. The molecular formula is C16H23BrFNO. The quantitative estimate of drug-likeness (QED) is 0.870. The van der Waals surface area contributed by atoms with E-state index in [1.54, 1.807) is 0 Å². The molecule has 0 bridgehead atoms. The van der Waals surface area contributed by atoms with E-state index in [9.17, 15) is 4.39 Å². The van der Waals surface area contributed by atoms with Gasteiger partial charge in [0.25, 0.3) is 0 Å². The van der Waals surface area contributed by atoms with Gasteiger partial charge in [-0.3, -0.25) is 0 Å². The average molecular weight is 344 g/mol. The molecule has 0 aliphatic carbocycles. The van der Waals surface area contributed by atoms with Gasteiger partial charge in [-0.25, -0.2) is 4.39 Å². The molecular weight excluding hydrogens is 321 g/mol. The Labute approximate surface area is 129 Å². The summed E-state index contributed by atoms with van der Waals surface area (Å²) in [5.41, 5.74) is 0.544. The number of ether oxygens (including phenoxy) is 1. The van der Waals surface area contributed by atoms with Crippen molar-refractivity contribution in [1.29, 1.82) is 0 Å². The summed E-state index contributed by atoms with van der Waals surface area (Å²) in [7, 11) is 0. The molecule has 0 spiro atoms. The standard InChI is InChI=1S/C16H23BrFNO/c1-3-19-15(16(2)8-4-5-9-20-16)10-12-6-7-13(17)11-14(12)18/h6-7,11,15,19H,3-5,8-10H2,1-2H3. The van der Waals surface area contributed by atoms with Crippen LogP contribution in [-0.2, 0) is 11.2 Å². The Kier molecular flexibility index (Phi) is 5.58. The molecule has 1 aromatic rings. The van der Waals surface area contributed by atoms with E-state index in [1.165, 1.54) is 12.5 Å². The van der Waals surface area contributed by atoms with E-state index in [1.807, 2.05) is 12.1 Å². The van der Waals surface area contributed by atoms with Crippen molar-refractivity contribution in [3.63, 3.8) is 0 Å². The number of benzene rings is 1. The minimum absolute atomic E-state index is 0.142. The lowest BCUT2D eigenvalue weighted by molar-refractivity contribution is -0.0882. The van der Waals surface area contributed by atoms with Crippen LogP contribution in [0.3, 0.4) is 0 Å². The van der Waals surface area contributed by atoms with Crippen molar-refractivity contribution in [2.24, 2.45) is 0 Å². The summed E-state index contributed by atoms with van der Waals surface area (Å²) in [6, 6.07) is 5.42. The van der Waals surface area contributed by atoms with Crippen LogP contribution in [0, 0.1) is 5.82 Å². The Balaban J connectivity index is 2.16. The molecule has 1 aliphatic heterocycles. The van der Waals surface area contributed by atoms with E-state index in [2.05, 4.69) is 35.1 Å². The van der Waals surface area contributed by atoms with Gasteiger partial charge in [0.2, 0.25) is 0 Å². The van der Waals surface area contributed by atoms with Crippen molar-refractivity contribution >= 4 is 15.9 Å². The van der Waals surface area contributed by atoms with Gasteiger partial charge < -0.3 is 10.1 Å². The number of nitrogens with one attached hydrogen (secondary N) is 1. The largest absolute Gasteiger partial charge is 0.374 e. The topological polar surface area (TPSA) is 21.3 Å². The molecule has 1 saturated heterocycles. The highest BCUT2D eigenvalue weighted by Crippen LogP contribution is 2.30. The van der Waals surface area contributed by atoms with Crippen LogP contribution in [0.15, 0.2) is 22.7 Å². The zero-order valence-electron chi connectivity index (χ0n) is 12.2. The second-order valence-corrected chi connectivity index (χ2v) is 6.58. The molecule has 112 valence electrons. The van der Waals surface area contributed by atoms with E-state index >= 15 is 0 Å². The minimum Gasteiger partial charge on any atom is -0.374 e. The van der Waals surface area contributed by atoms with Crippen LogP contribution >= 0.6 is 15.9 Å². The minimum atomic E-state index is -0.201. The van der Waals surface area contributed by atoms with Gasteiger partial charge in [-0.2, -0.15) is 0 Å². The third-order valence-corrected chi connectivity index (χ3v) is 4.62. The van der Waals surface area contributed by atoms with E-state index in [0.717, 1.165) is 36.0 Å². The maximum atomic E-state index is 14.0. The third kappa shape index (κ3) is 3.80. The van der Waals surface area contributed by atoms with Gasteiger partial charge in [0, 0.05) is 17.1 Å². The lowest BCUT2D eigenvalue weighted by Crippen LogP contribution is -2.53. The molecule has 0 amide bonds. The second kappa shape index (κ2) is 7.01. The van der Waals surface area contributed by atoms with E-state index < -0.39 is 0 Å². The molecule has 1 fully saturated rings. The molecule has 0 saturated carbocycles. The summed E-state index contributed by atoms with van der Waals surface area (Å²) >= 11 is 3.30. The summed E-state index contributed by atoms with van der Waals surface area (Å²) in [4.78, 5) is 0. The number of halogens is 2. The van der Waals surface area contributed by atoms with Gasteiger partial charge in [-0.1, -0.05) is 28.9 Å². The summed E-state index contributed by atoms with van der Waals surface area (Å²) in [6.07, 6.45) is 3.99. The van der Waals surface area contributed by atoms with Gasteiger partial charge >= 0.3 is 0 Å². The molecule has 2 rings (SSSR count). The van der Waals surface area contributed by atoms with Gasteiger partial charge in [0.05, 0.1) is 5.60 Å². The Morgan fingerprint density at radius 3 is 2.85 bits per heavy atom. The van der Waals surface area contributed by atoms with Crippen molar-refractivity contribution in [2.75, 3.05) is 13.2 Å². The van der Waals surface area contributed by atoms with Crippen LogP contribution in [0.1, 0.15) is 38.7 Å². The number of rotatable bonds is 5. The summed E-state index contributed by atoms with van der Waals surface area (Å²) in [5.74, 6) is -0.151. The SMILES string of the molecule is CCNC(Cc1ccc(Br)cc1F)C1(C)CCCCO1. The maximum Gasteiger partial charge on any atom is 0.127 e. The molecule has 0 aromatic heterocycles. The number of hydrogen-bond acceptors (Lipinski definition) is 2. The lowest BCUT2D eigenvalue weighted by atomic mass is 9.84. The summed E-state index contributed by atoms with van der Waals surface area (Å²) in [6.45, 7) is 5.90. The molecule has 4 heteroatoms. The predicted octanol–water partition coefficient (Wildman–Crippen LogP) is 4.07. The number of hydrogen-bond donors (Lipinski definition) is 1. The molecule has 2 unspecified atom stereocenters. The van der Waals surface area contributed by atoms with Gasteiger partial charge in [-0.05, 0) is 56.8 Å². The van der Waals surface area contributed by atoms with Crippen LogP contribution in [-0.4, -0.2) is 24.8 Å². The Morgan fingerprint density at radius 2 is 2.25 bits per heavy atom. The van der Waals surface area contributed by atoms with Crippen molar-refractivity contribution < 1.29 is 9.13 Å². The van der Waals surface area contributed by atoms with Crippen molar-refractivity contribution in [1.82, 2.24) is 5.32 Å². The van der Waals surface area contributed by atoms with Crippen LogP contribution < -0.4 is 5.32 Å². The molecule has 1 N–H and O–H groups in total. The van der Waals surface area contributed by atoms with Gasteiger partial charge in [-0.15, -0.1) is 0 Å². The van der Waals surface area contributed by atoms with E-state index in [4.69, 9.17) is 4.74 Å². The van der Waals surface area contributed by atoms with Gasteiger partial charge in [0.1, 0.15) is 5.82 Å². The summed E-state index contributed by atoms with van der Waals surface area (Å²) in [5, 5.41) is 3.48. The first-order valence-electron chi connectivity index (χ1n) is 7.36. The van der Waals surface area contributed by atoms with Crippen LogP contribution in [0.25, 0.3) is 0 Å². The van der Waals surface area contributed by atoms with Crippen LogP contribution in [0.2, 0.25) is 0 Å². The monoisotopic (exact) mass is 343 g/mol. The zero-order valence-corrected chi connectivity index (χ0v) is 13.8. The normalized spacial score (nSPS) is 24.6. The molecule has 1 aromatic carbocycles. The second-order valence-electron chi connectivity index (χ2n) is 5.67. The van der Waals surface area contributed by atoms with E-state index in [-0.39, 0.29) is 17.5 Å². The van der Waals surface area contributed by atoms with E-state index in [0.29, 0.717) is 6.42 Å². The molecule has 1 aliphatic rings. The van der Waals surface area contributed by atoms with Crippen molar-refractivity contribution in [3.8, 4) is 0 Å². The highest BCUT2D eigenvalue weighted by Gasteiger charge is 2.36. The fourth-order valence-electron chi connectivity index (χ4n) is 2.89. The lowest BCUT2D eigenvalue weighted by Gasteiger charge is -2.41. The Hall–Kier alpha value is -0.450. The molecule has 2 nitrogen and oxygen atoms in total. The zero-order chi connectivity index (χ0) is 14.6. The predicted molar refractivity (Wildman–Crippen MR) is 83.5 cm³/mol. The summed E-state index contributed by atoms with van der Waals surface area (Å²) < 4.78 is 20.8. The number of likely N-dealkylation sites (N-methyl/N-ethyl adjacent to an activating group) is 1. The fourth-order valence-corrected chi connectivity index (χ4v) is 3.22. The third-order valence-electron chi connectivity index (χ3n) is 4.13. The first-order chi connectivity index (χ1) is 9.55. The first kappa shape index (κ1) is 15.9.